The number of carbonyl (C=O) groups excluding carboxylic acids is 1. The van der Waals surface area contributed by atoms with Gasteiger partial charge in [0.2, 0.25) is 5.91 Å². The molecule has 110 valence electrons. The smallest absolute Gasteiger partial charge is 0.358 e. The van der Waals surface area contributed by atoms with E-state index in [1.807, 2.05) is 32.0 Å². The Morgan fingerprint density at radius 3 is 2.67 bits per heavy atom. The summed E-state index contributed by atoms with van der Waals surface area (Å²) in [6, 6.07) is 7.11. The molecule has 0 radical (unpaired) electrons. The molecule has 7 nitrogen and oxygen atoms in total. The van der Waals surface area contributed by atoms with Gasteiger partial charge >= 0.3 is 5.82 Å². The summed E-state index contributed by atoms with van der Waals surface area (Å²) < 4.78 is 1.32. The minimum atomic E-state index is -0.577. The van der Waals surface area contributed by atoms with Gasteiger partial charge in [-0.15, -0.1) is 0 Å². The van der Waals surface area contributed by atoms with E-state index in [1.165, 1.54) is 10.7 Å². The highest BCUT2D eigenvalue weighted by atomic mass is 16.6. The van der Waals surface area contributed by atoms with Crippen LogP contribution in [-0.2, 0) is 11.3 Å². The van der Waals surface area contributed by atoms with Crippen molar-refractivity contribution in [2.45, 2.75) is 27.3 Å². The molecule has 0 bridgehead atoms. The molecule has 2 aromatic rings. The summed E-state index contributed by atoms with van der Waals surface area (Å²) in [5.74, 6) is -0.531. The fourth-order valence-corrected chi connectivity index (χ4v) is 1.94. The van der Waals surface area contributed by atoms with E-state index < -0.39 is 4.92 Å². The Morgan fingerprint density at radius 2 is 2.05 bits per heavy atom. The predicted molar refractivity (Wildman–Crippen MR) is 78.2 cm³/mol. The zero-order valence-electron chi connectivity index (χ0n) is 12.1. The van der Waals surface area contributed by atoms with Gasteiger partial charge in [-0.1, -0.05) is 12.1 Å². The number of benzene rings is 1. The maximum absolute atomic E-state index is 12.0. The topological polar surface area (TPSA) is 90.1 Å². The molecule has 0 unspecified atom stereocenters. The largest absolute Gasteiger partial charge is 0.390 e. The maximum Gasteiger partial charge on any atom is 0.390 e. The average molecular weight is 288 g/mol. The monoisotopic (exact) mass is 288 g/mol. The van der Waals surface area contributed by atoms with Crippen molar-refractivity contribution in [3.05, 3.63) is 51.2 Å². The first-order valence-corrected chi connectivity index (χ1v) is 6.43. The summed E-state index contributed by atoms with van der Waals surface area (Å²) >= 11 is 0. The Kier molecular flexibility index (Phi) is 4.02. The zero-order valence-corrected chi connectivity index (χ0v) is 12.1. The molecule has 1 aromatic carbocycles. The molecular formula is C14H16N4O3. The number of hydrogen-bond acceptors (Lipinski definition) is 4. The van der Waals surface area contributed by atoms with Crippen molar-refractivity contribution in [1.29, 1.82) is 0 Å². The Balaban J connectivity index is 2.11. The first-order chi connectivity index (χ1) is 9.86. The molecule has 1 amide bonds. The number of nitrogens with zero attached hydrogens (tertiary/aromatic N) is 3. The van der Waals surface area contributed by atoms with Gasteiger partial charge in [-0.05, 0) is 42.9 Å². The molecule has 0 fully saturated rings. The van der Waals surface area contributed by atoms with Crippen LogP contribution in [0.4, 0.5) is 11.5 Å². The van der Waals surface area contributed by atoms with Crippen molar-refractivity contribution < 1.29 is 9.72 Å². The molecule has 0 aliphatic rings. The van der Waals surface area contributed by atoms with Gasteiger partial charge in [0.15, 0.2) is 0 Å². The Labute approximate surface area is 121 Å². The third-order valence-electron chi connectivity index (χ3n) is 3.12. The second-order valence-corrected chi connectivity index (χ2v) is 4.93. The summed E-state index contributed by atoms with van der Waals surface area (Å²) in [5.41, 5.74) is 3.30. The molecule has 7 heteroatoms. The Morgan fingerprint density at radius 1 is 1.33 bits per heavy atom. The van der Waals surface area contributed by atoms with Crippen LogP contribution in [0.3, 0.4) is 0 Å². The highest BCUT2D eigenvalue weighted by Crippen LogP contribution is 2.17. The lowest BCUT2D eigenvalue weighted by atomic mass is 10.1. The molecule has 0 atom stereocenters. The van der Waals surface area contributed by atoms with Crippen LogP contribution < -0.4 is 5.32 Å². The van der Waals surface area contributed by atoms with Gasteiger partial charge in [-0.3, -0.25) is 4.79 Å². The Hall–Kier alpha value is -2.70. The van der Waals surface area contributed by atoms with Gasteiger partial charge < -0.3 is 15.4 Å². The number of anilines is 1. The first kappa shape index (κ1) is 14.7. The zero-order chi connectivity index (χ0) is 15.6. The lowest BCUT2D eigenvalue weighted by Gasteiger charge is -2.09. The van der Waals surface area contributed by atoms with E-state index in [1.54, 1.807) is 6.92 Å². The number of rotatable bonds is 4. The molecule has 1 N–H and O–H groups in total. The van der Waals surface area contributed by atoms with Crippen LogP contribution in [0.25, 0.3) is 0 Å². The van der Waals surface area contributed by atoms with Gasteiger partial charge in [0.1, 0.15) is 6.54 Å². The summed E-state index contributed by atoms with van der Waals surface area (Å²) in [5, 5.41) is 17.2. The number of nitrogens with one attached hydrogen (secondary N) is 1. The number of aryl methyl sites for hydroxylation is 3. The minimum Gasteiger partial charge on any atom is -0.358 e. The SMILES string of the molecule is Cc1ccc(C)c(NC(=O)Cn2nc([N+](=O)[O-])cc2C)c1. The number of nitro groups is 1. The molecule has 0 aliphatic heterocycles. The van der Waals surface area contributed by atoms with Crippen LogP contribution in [0.15, 0.2) is 24.3 Å². The maximum atomic E-state index is 12.0. The highest BCUT2D eigenvalue weighted by Gasteiger charge is 2.17. The number of hydrogen-bond donors (Lipinski definition) is 1. The Bertz CT molecular complexity index is 706. The molecule has 0 aliphatic carbocycles. The van der Waals surface area contributed by atoms with Crippen LogP contribution in [0.5, 0.6) is 0 Å². The van der Waals surface area contributed by atoms with E-state index in [0.29, 0.717) is 5.69 Å². The number of amides is 1. The van der Waals surface area contributed by atoms with Crippen molar-refractivity contribution in [1.82, 2.24) is 9.78 Å². The minimum absolute atomic E-state index is 0.0624. The van der Waals surface area contributed by atoms with Gasteiger partial charge in [0, 0.05) is 5.69 Å². The van der Waals surface area contributed by atoms with Crippen molar-refractivity contribution >= 4 is 17.4 Å². The van der Waals surface area contributed by atoms with Gasteiger partial charge in [0.25, 0.3) is 0 Å². The second kappa shape index (κ2) is 5.74. The third kappa shape index (κ3) is 3.44. The first-order valence-electron chi connectivity index (χ1n) is 6.43. The summed E-state index contributed by atoms with van der Waals surface area (Å²) in [7, 11) is 0. The molecule has 1 heterocycles. The lowest BCUT2D eigenvalue weighted by Crippen LogP contribution is -2.20. The van der Waals surface area contributed by atoms with E-state index in [2.05, 4.69) is 10.4 Å². The molecule has 1 aromatic heterocycles. The normalized spacial score (nSPS) is 10.4. The second-order valence-electron chi connectivity index (χ2n) is 4.93. The molecule has 0 saturated carbocycles. The fraction of sp³-hybridized carbons (Fsp3) is 0.286. The van der Waals surface area contributed by atoms with E-state index in [4.69, 9.17) is 0 Å². The van der Waals surface area contributed by atoms with E-state index in [0.717, 1.165) is 16.8 Å². The highest BCUT2D eigenvalue weighted by molar-refractivity contribution is 5.91. The number of aromatic nitrogens is 2. The summed E-state index contributed by atoms with van der Waals surface area (Å²) in [6.07, 6.45) is 0. The van der Waals surface area contributed by atoms with Gasteiger partial charge in [0.05, 0.1) is 16.9 Å². The average Bonchev–Trinajstić information content (AvgIpc) is 2.75. The molecule has 21 heavy (non-hydrogen) atoms. The molecule has 0 saturated heterocycles. The van der Waals surface area contributed by atoms with Crippen LogP contribution in [0.2, 0.25) is 0 Å². The molecule has 0 spiro atoms. The fourth-order valence-electron chi connectivity index (χ4n) is 1.94. The van der Waals surface area contributed by atoms with Crippen molar-refractivity contribution in [2.24, 2.45) is 0 Å². The molecule has 2 rings (SSSR count). The van der Waals surface area contributed by atoms with Gasteiger partial charge in [-0.2, -0.15) is 4.68 Å². The van der Waals surface area contributed by atoms with Crippen LogP contribution in [-0.4, -0.2) is 20.6 Å². The predicted octanol–water partition coefficient (Wildman–Crippen LogP) is 2.36. The van der Waals surface area contributed by atoms with Gasteiger partial charge in [-0.25, -0.2) is 0 Å². The third-order valence-corrected chi connectivity index (χ3v) is 3.12. The lowest BCUT2D eigenvalue weighted by molar-refractivity contribution is -0.389. The van der Waals surface area contributed by atoms with Crippen molar-refractivity contribution in [3.63, 3.8) is 0 Å². The number of carbonyl (C=O) groups is 1. The quantitative estimate of drug-likeness (QED) is 0.690. The van der Waals surface area contributed by atoms with Crippen LogP contribution in [0, 0.1) is 30.9 Å². The van der Waals surface area contributed by atoms with Crippen LogP contribution in [0.1, 0.15) is 16.8 Å². The van der Waals surface area contributed by atoms with Crippen molar-refractivity contribution in [2.75, 3.05) is 5.32 Å². The standard InChI is InChI=1S/C14H16N4O3/c1-9-4-5-10(2)12(6-9)15-14(19)8-17-11(3)7-13(16-17)18(20)21/h4-7H,8H2,1-3H3,(H,15,19). The van der Waals surface area contributed by atoms with Crippen LogP contribution >= 0.6 is 0 Å². The summed E-state index contributed by atoms with van der Waals surface area (Å²) in [6.45, 7) is 5.45. The summed E-state index contributed by atoms with van der Waals surface area (Å²) in [4.78, 5) is 22.1. The van der Waals surface area contributed by atoms with E-state index in [9.17, 15) is 14.9 Å². The van der Waals surface area contributed by atoms with E-state index >= 15 is 0 Å². The van der Waals surface area contributed by atoms with E-state index in [-0.39, 0.29) is 18.3 Å². The van der Waals surface area contributed by atoms with Crippen molar-refractivity contribution in [3.8, 4) is 0 Å². The molecular weight excluding hydrogens is 272 g/mol.